The molecule has 8 nitrogen and oxygen atoms in total. The molecule has 0 aromatic carbocycles. The number of piperazine rings is 1. The molecule has 0 aliphatic carbocycles. The zero-order chi connectivity index (χ0) is 18.1. The van der Waals surface area contributed by atoms with E-state index in [9.17, 15) is 9.59 Å². The molecule has 3 aliphatic heterocycles. The van der Waals surface area contributed by atoms with E-state index in [1.165, 1.54) is 11.3 Å². The van der Waals surface area contributed by atoms with E-state index in [4.69, 9.17) is 0 Å². The van der Waals surface area contributed by atoms with Crippen LogP contribution in [0.4, 0.5) is 10.3 Å². The average Bonchev–Trinajstić information content (AvgIpc) is 3.40. The Morgan fingerprint density at radius 2 is 1.85 bits per heavy atom. The van der Waals surface area contributed by atoms with Crippen molar-refractivity contribution in [2.24, 2.45) is 0 Å². The summed E-state index contributed by atoms with van der Waals surface area (Å²) in [7, 11) is 0. The van der Waals surface area contributed by atoms with Gasteiger partial charge in [-0.15, -0.1) is 10.2 Å². The highest BCUT2D eigenvalue weighted by atomic mass is 32.1. The number of amides is 2. The summed E-state index contributed by atoms with van der Waals surface area (Å²) < 4.78 is 0. The molecule has 3 fully saturated rings. The quantitative estimate of drug-likeness (QED) is 0.772. The molecule has 1 unspecified atom stereocenters. The van der Waals surface area contributed by atoms with Crippen LogP contribution in [0.2, 0.25) is 0 Å². The van der Waals surface area contributed by atoms with Crippen molar-refractivity contribution in [2.75, 3.05) is 55.6 Å². The number of aromatic nitrogens is 2. The largest absolute Gasteiger partial charge is 0.338 e. The van der Waals surface area contributed by atoms with Crippen molar-refractivity contribution in [2.45, 2.75) is 38.6 Å². The van der Waals surface area contributed by atoms with E-state index in [1.807, 2.05) is 4.90 Å². The maximum Gasteiger partial charge on any atom is 0.245 e. The third kappa shape index (κ3) is 3.29. The van der Waals surface area contributed by atoms with E-state index < -0.39 is 0 Å². The standard InChI is InChI=1S/C17H26N6O2S/c1-2-20-9-11-21(12-10-20)15(25)13-5-3-7-22(13)16-18-19-17(26-16)23-8-4-6-14(23)24/h13H,2-12H2,1H3. The number of carbonyl (C=O) groups excluding carboxylic acids is 2. The van der Waals surface area contributed by atoms with Gasteiger partial charge in [0, 0.05) is 45.7 Å². The predicted octanol–water partition coefficient (Wildman–Crippen LogP) is 0.798. The number of carbonyl (C=O) groups is 2. The Hall–Kier alpha value is -1.74. The molecule has 3 saturated heterocycles. The fourth-order valence-corrected chi connectivity index (χ4v) is 5.00. The van der Waals surface area contributed by atoms with Crippen LogP contribution in [-0.4, -0.2) is 83.7 Å². The smallest absolute Gasteiger partial charge is 0.245 e. The summed E-state index contributed by atoms with van der Waals surface area (Å²) >= 11 is 1.43. The van der Waals surface area contributed by atoms with Gasteiger partial charge in [0.2, 0.25) is 22.1 Å². The third-order valence-electron chi connectivity index (χ3n) is 5.62. The van der Waals surface area contributed by atoms with Gasteiger partial charge in [0.15, 0.2) is 0 Å². The van der Waals surface area contributed by atoms with Crippen LogP contribution >= 0.6 is 11.3 Å². The molecule has 2 amide bonds. The van der Waals surface area contributed by atoms with Crippen LogP contribution < -0.4 is 9.80 Å². The Morgan fingerprint density at radius 1 is 1.08 bits per heavy atom. The second-order valence-corrected chi connectivity index (χ2v) is 8.06. The maximum atomic E-state index is 13.1. The van der Waals surface area contributed by atoms with Crippen LogP contribution in [0, 0.1) is 0 Å². The molecule has 0 spiro atoms. The van der Waals surface area contributed by atoms with Gasteiger partial charge in [-0.1, -0.05) is 18.3 Å². The molecule has 1 aromatic heterocycles. The number of nitrogens with zero attached hydrogens (tertiary/aromatic N) is 6. The van der Waals surface area contributed by atoms with Crippen molar-refractivity contribution in [3.63, 3.8) is 0 Å². The minimum Gasteiger partial charge on any atom is -0.338 e. The molecule has 0 radical (unpaired) electrons. The van der Waals surface area contributed by atoms with Crippen molar-refractivity contribution in [1.29, 1.82) is 0 Å². The molecule has 0 N–H and O–H groups in total. The molecule has 0 saturated carbocycles. The van der Waals surface area contributed by atoms with Gasteiger partial charge in [-0.05, 0) is 25.8 Å². The molecular weight excluding hydrogens is 352 g/mol. The molecule has 4 rings (SSSR count). The zero-order valence-electron chi connectivity index (χ0n) is 15.3. The Morgan fingerprint density at radius 3 is 2.54 bits per heavy atom. The molecule has 26 heavy (non-hydrogen) atoms. The van der Waals surface area contributed by atoms with E-state index in [0.717, 1.165) is 70.2 Å². The molecule has 142 valence electrons. The van der Waals surface area contributed by atoms with Gasteiger partial charge in [-0.2, -0.15) is 0 Å². The van der Waals surface area contributed by atoms with Crippen molar-refractivity contribution in [1.82, 2.24) is 20.0 Å². The van der Waals surface area contributed by atoms with E-state index >= 15 is 0 Å². The van der Waals surface area contributed by atoms with Crippen LogP contribution in [0.15, 0.2) is 0 Å². The van der Waals surface area contributed by atoms with Gasteiger partial charge in [-0.25, -0.2) is 0 Å². The van der Waals surface area contributed by atoms with Crippen LogP contribution in [0.5, 0.6) is 0 Å². The molecule has 9 heteroatoms. The van der Waals surface area contributed by atoms with Crippen molar-refractivity contribution in [3.05, 3.63) is 0 Å². The SMILES string of the molecule is CCN1CCN(C(=O)C2CCCN2c2nnc(N3CCCC3=O)s2)CC1. The number of hydrogen-bond acceptors (Lipinski definition) is 7. The fourth-order valence-electron chi connectivity index (χ4n) is 4.03. The van der Waals surface area contributed by atoms with Crippen molar-refractivity contribution >= 4 is 33.4 Å². The summed E-state index contributed by atoms with van der Waals surface area (Å²) in [5, 5.41) is 9.95. The summed E-state index contributed by atoms with van der Waals surface area (Å²) in [4.78, 5) is 33.2. The van der Waals surface area contributed by atoms with Crippen molar-refractivity contribution in [3.8, 4) is 0 Å². The van der Waals surface area contributed by atoms with Gasteiger partial charge >= 0.3 is 0 Å². The Balaban J connectivity index is 1.44. The summed E-state index contributed by atoms with van der Waals surface area (Å²) in [6.07, 6.45) is 3.32. The van der Waals surface area contributed by atoms with Gasteiger partial charge in [-0.3, -0.25) is 14.5 Å². The van der Waals surface area contributed by atoms with E-state index in [0.29, 0.717) is 11.6 Å². The molecule has 1 aromatic rings. The number of hydrogen-bond donors (Lipinski definition) is 0. The summed E-state index contributed by atoms with van der Waals surface area (Å²) in [6.45, 7) is 8.27. The topological polar surface area (TPSA) is 72.9 Å². The van der Waals surface area contributed by atoms with Crippen molar-refractivity contribution < 1.29 is 9.59 Å². The lowest BCUT2D eigenvalue weighted by Gasteiger charge is -2.36. The molecular formula is C17H26N6O2S. The lowest BCUT2D eigenvalue weighted by atomic mass is 10.1. The van der Waals surface area contributed by atoms with Crippen LogP contribution in [0.3, 0.4) is 0 Å². The van der Waals surface area contributed by atoms with E-state index in [-0.39, 0.29) is 17.9 Å². The zero-order valence-corrected chi connectivity index (χ0v) is 16.1. The van der Waals surface area contributed by atoms with E-state index in [1.54, 1.807) is 4.90 Å². The maximum absolute atomic E-state index is 13.1. The minimum atomic E-state index is -0.141. The lowest BCUT2D eigenvalue weighted by molar-refractivity contribution is -0.134. The Bertz CT molecular complexity index is 672. The van der Waals surface area contributed by atoms with Gasteiger partial charge in [0.1, 0.15) is 6.04 Å². The first kappa shape index (κ1) is 17.7. The monoisotopic (exact) mass is 378 g/mol. The molecule has 4 heterocycles. The first-order valence-corrected chi connectivity index (χ1v) is 10.4. The summed E-state index contributed by atoms with van der Waals surface area (Å²) in [5.41, 5.74) is 0. The van der Waals surface area contributed by atoms with Gasteiger partial charge in [0.25, 0.3) is 0 Å². The highest BCUT2D eigenvalue weighted by Crippen LogP contribution is 2.34. The van der Waals surface area contributed by atoms with Gasteiger partial charge in [0.05, 0.1) is 0 Å². The van der Waals surface area contributed by atoms with Crippen LogP contribution in [-0.2, 0) is 9.59 Å². The summed E-state index contributed by atoms with van der Waals surface area (Å²) in [5.74, 6) is 0.336. The average molecular weight is 379 g/mol. The highest BCUT2D eigenvalue weighted by molar-refractivity contribution is 7.19. The molecule has 1 atom stereocenters. The van der Waals surface area contributed by atoms with Gasteiger partial charge < -0.3 is 14.7 Å². The first-order valence-electron chi connectivity index (χ1n) is 9.59. The van der Waals surface area contributed by atoms with Crippen LogP contribution in [0.25, 0.3) is 0 Å². The molecule has 3 aliphatic rings. The minimum absolute atomic E-state index is 0.121. The Labute approximate surface area is 157 Å². The highest BCUT2D eigenvalue weighted by Gasteiger charge is 2.37. The lowest BCUT2D eigenvalue weighted by Crippen LogP contribution is -2.53. The predicted molar refractivity (Wildman–Crippen MR) is 101 cm³/mol. The first-order chi connectivity index (χ1) is 12.7. The fraction of sp³-hybridized carbons (Fsp3) is 0.765. The number of likely N-dealkylation sites (N-methyl/N-ethyl adjacent to an activating group) is 1. The molecule has 0 bridgehead atoms. The number of anilines is 2. The summed E-state index contributed by atoms with van der Waals surface area (Å²) in [6, 6.07) is -0.141. The third-order valence-corrected chi connectivity index (χ3v) is 6.61. The van der Waals surface area contributed by atoms with Crippen LogP contribution in [0.1, 0.15) is 32.6 Å². The Kier molecular flexibility index (Phi) is 5.08. The second-order valence-electron chi connectivity index (χ2n) is 7.13. The second kappa shape index (κ2) is 7.48. The normalized spacial score (nSPS) is 24.7. The van der Waals surface area contributed by atoms with E-state index in [2.05, 4.69) is 26.9 Å². The number of rotatable bonds is 4.